The van der Waals surface area contributed by atoms with E-state index in [1.807, 2.05) is 0 Å². The Morgan fingerprint density at radius 1 is 1.45 bits per heavy atom. The predicted octanol–water partition coefficient (Wildman–Crippen LogP) is 2.09. The molecule has 3 nitrogen and oxygen atoms in total. The van der Waals surface area contributed by atoms with Crippen LogP contribution in [0.5, 0.6) is 0 Å². The summed E-state index contributed by atoms with van der Waals surface area (Å²) in [6.07, 6.45) is 1.64. The lowest BCUT2D eigenvalue weighted by Gasteiger charge is -1.87. The zero-order valence-electron chi connectivity index (χ0n) is 5.33. The summed E-state index contributed by atoms with van der Waals surface area (Å²) in [7, 11) is 0. The maximum absolute atomic E-state index is 5.72. The molecule has 0 bridgehead atoms. The molecule has 0 fully saturated rings. The molecule has 0 amide bonds. The van der Waals surface area contributed by atoms with Crippen LogP contribution in [0.15, 0.2) is 18.3 Å². The van der Waals surface area contributed by atoms with Crippen molar-refractivity contribution in [2.45, 2.75) is 0 Å². The van der Waals surface area contributed by atoms with Gasteiger partial charge in [0.1, 0.15) is 5.52 Å². The fraction of sp³-hybridized carbons (Fsp3) is 0. The van der Waals surface area contributed by atoms with Crippen LogP contribution >= 0.6 is 23.4 Å². The second-order valence-electron chi connectivity index (χ2n) is 2.01. The summed E-state index contributed by atoms with van der Waals surface area (Å²) in [5.74, 6) is 0. The summed E-state index contributed by atoms with van der Waals surface area (Å²) in [5, 5.41) is 0.236. The molecule has 2 aromatic rings. The van der Waals surface area contributed by atoms with E-state index in [0.717, 1.165) is 5.52 Å². The highest BCUT2D eigenvalue weighted by molar-refractivity contribution is 6.33. The lowest BCUT2D eigenvalue weighted by Crippen LogP contribution is -1.77. The molecule has 0 spiro atoms. The van der Waals surface area contributed by atoms with Gasteiger partial charge in [-0.2, -0.15) is 4.98 Å². The maximum atomic E-state index is 5.72. The average molecular weight is 188 g/mol. The van der Waals surface area contributed by atoms with Gasteiger partial charge in [0.15, 0.2) is 5.65 Å². The van der Waals surface area contributed by atoms with Gasteiger partial charge in [0.2, 0.25) is 5.28 Å². The van der Waals surface area contributed by atoms with E-state index in [4.69, 9.17) is 23.4 Å². The number of halogens is 2. The van der Waals surface area contributed by atoms with Gasteiger partial charge in [-0.05, 0) is 23.7 Å². The standard InChI is InChI=1S/C6H3Cl2N3/c7-6-10-5-4(11(6)8)2-1-3-9-5/h1-3H. The van der Waals surface area contributed by atoms with Gasteiger partial charge in [0, 0.05) is 18.0 Å². The zero-order chi connectivity index (χ0) is 7.84. The molecular weight excluding hydrogens is 185 g/mol. The molecule has 0 unspecified atom stereocenters. The van der Waals surface area contributed by atoms with Crippen LogP contribution in [0.3, 0.4) is 0 Å². The normalized spacial score (nSPS) is 10.7. The Bertz CT molecular complexity index is 396. The Labute approximate surface area is 72.7 Å². The number of nitrogens with zero attached hydrogens (tertiary/aromatic N) is 3. The van der Waals surface area contributed by atoms with E-state index >= 15 is 0 Å². The first-order valence-corrected chi connectivity index (χ1v) is 3.66. The van der Waals surface area contributed by atoms with Crippen LogP contribution in [-0.4, -0.2) is 14.1 Å². The third kappa shape index (κ3) is 0.968. The van der Waals surface area contributed by atoms with Gasteiger partial charge in [0.05, 0.1) is 0 Å². The summed E-state index contributed by atoms with van der Waals surface area (Å²) >= 11 is 11.4. The number of rotatable bonds is 0. The first-order chi connectivity index (χ1) is 5.29. The highest BCUT2D eigenvalue weighted by Crippen LogP contribution is 2.18. The average Bonchev–Trinajstić information content (AvgIpc) is 2.30. The molecule has 0 saturated heterocycles. The first kappa shape index (κ1) is 6.88. The second kappa shape index (κ2) is 2.36. The topological polar surface area (TPSA) is 30.7 Å². The van der Waals surface area contributed by atoms with Crippen molar-refractivity contribution in [2.24, 2.45) is 0 Å². The summed E-state index contributed by atoms with van der Waals surface area (Å²) in [6.45, 7) is 0. The minimum absolute atomic E-state index is 0.236. The summed E-state index contributed by atoms with van der Waals surface area (Å²) in [5.41, 5.74) is 1.28. The van der Waals surface area contributed by atoms with Crippen molar-refractivity contribution >= 4 is 34.5 Å². The number of fused-ring (bicyclic) bond motifs is 1. The van der Waals surface area contributed by atoms with E-state index in [1.54, 1.807) is 18.3 Å². The van der Waals surface area contributed by atoms with Crippen molar-refractivity contribution in [3.8, 4) is 0 Å². The van der Waals surface area contributed by atoms with Crippen LogP contribution in [-0.2, 0) is 0 Å². The maximum Gasteiger partial charge on any atom is 0.220 e. The highest BCUT2D eigenvalue weighted by atomic mass is 35.5. The lowest BCUT2D eigenvalue weighted by molar-refractivity contribution is 1.24. The van der Waals surface area contributed by atoms with Crippen LogP contribution in [0.25, 0.3) is 11.2 Å². The quantitative estimate of drug-likeness (QED) is 0.633. The largest absolute Gasteiger partial charge is 0.235 e. The molecule has 5 heteroatoms. The van der Waals surface area contributed by atoms with E-state index in [9.17, 15) is 0 Å². The minimum Gasteiger partial charge on any atom is -0.235 e. The molecule has 2 rings (SSSR count). The number of imidazole rings is 1. The molecule has 0 aliphatic heterocycles. The van der Waals surface area contributed by atoms with Crippen molar-refractivity contribution in [1.29, 1.82) is 0 Å². The molecule has 0 N–H and O–H groups in total. The van der Waals surface area contributed by atoms with E-state index in [0.29, 0.717) is 5.65 Å². The molecule has 0 aromatic carbocycles. The van der Waals surface area contributed by atoms with Crippen LogP contribution in [0, 0.1) is 0 Å². The predicted molar refractivity (Wildman–Crippen MR) is 43.8 cm³/mol. The molecule has 11 heavy (non-hydrogen) atoms. The monoisotopic (exact) mass is 187 g/mol. The summed E-state index contributed by atoms with van der Waals surface area (Å²) in [4.78, 5) is 7.86. The van der Waals surface area contributed by atoms with Crippen LogP contribution < -0.4 is 0 Å². The fourth-order valence-corrected chi connectivity index (χ4v) is 1.20. The lowest BCUT2D eigenvalue weighted by atomic mass is 10.4. The molecule has 0 atom stereocenters. The number of hydrogen-bond donors (Lipinski definition) is 0. The highest BCUT2D eigenvalue weighted by Gasteiger charge is 2.05. The molecule has 0 radical (unpaired) electrons. The van der Waals surface area contributed by atoms with Gasteiger partial charge in [-0.1, -0.05) is 0 Å². The zero-order valence-corrected chi connectivity index (χ0v) is 6.84. The Morgan fingerprint density at radius 2 is 2.27 bits per heavy atom. The SMILES string of the molecule is Clc1nc2ncccc2n1Cl. The van der Waals surface area contributed by atoms with Gasteiger partial charge < -0.3 is 0 Å². The van der Waals surface area contributed by atoms with Crippen LogP contribution in [0.1, 0.15) is 0 Å². The van der Waals surface area contributed by atoms with Crippen molar-refractivity contribution in [2.75, 3.05) is 0 Å². The van der Waals surface area contributed by atoms with Gasteiger partial charge in [0.25, 0.3) is 0 Å². The smallest absolute Gasteiger partial charge is 0.220 e. The van der Waals surface area contributed by atoms with Gasteiger partial charge in [-0.3, -0.25) is 0 Å². The molecule has 2 heterocycles. The van der Waals surface area contributed by atoms with Crippen molar-refractivity contribution in [3.05, 3.63) is 23.6 Å². The number of aromatic nitrogens is 3. The van der Waals surface area contributed by atoms with Gasteiger partial charge in [-0.15, -0.1) is 0 Å². The van der Waals surface area contributed by atoms with E-state index < -0.39 is 0 Å². The molecular formula is C6H3Cl2N3. The van der Waals surface area contributed by atoms with E-state index in [-0.39, 0.29) is 5.28 Å². The van der Waals surface area contributed by atoms with Crippen molar-refractivity contribution < 1.29 is 0 Å². The molecule has 0 aliphatic rings. The Morgan fingerprint density at radius 3 is 3.00 bits per heavy atom. The van der Waals surface area contributed by atoms with E-state index in [2.05, 4.69) is 9.97 Å². The Hall–Kier alpha value is -0.800. The minimum atomic E-state index is 0.236. The molecule has 2 aromatic heterocycles. The summed E-state index contributed by atoms with van der Waals surface area (Å²) < 4.78 is 1.27. The van der Waals surface area contributed by atoms with Gasteiger partial charge >= 0.3 is 0 Å². The van der Waals surface area contributed by atoms with Crippen molar-refractivity contribution in [1.82, 2.24) is 14.1 Å². The Balaban J connectivity index is 2.92. The van der Waals surface area contributed by atoms with Crippen molar-refractivity contribution in [3.63, 3.8) is 0 Å². The summed E-state index contributed by atoms with van der Waals surface area (Å²) in [6, 6.07) is 3.58. The van der Waals surface area contributed by atoms with Crippen LogP contribution in [0.4, 0.5) is 0 Å². The molecule has 0 saturated carbocycles. The molecule has 0 aliphatic carbocycles. The third-order valence-electron chi connectivity index (χ3n) is 1.34. The van der Waals surface area contributed by atoms with Crippen LogP contribution in [0.2, 0.25) is 5.28 Å². The Kier molecular flexibility index (Phi) is 1.47. The number of hydrogen-bond acceptors (Lipinski definition) is 2. The van der Waals surface area contributed by atoms with E-state index in [1.165, 1.54) is 4.09 Å². The molecule has 56 valence electrons. The fourth-order valence-electron chi connectivity index (χ4n) is 0.859. The third-order valence-corrected chi connectivity index (χ3v) is 2.02. The first-order valence-electron chi connectivity index (χ1n) is 2.94. The number of pyridine rings is 1. The second-order valence-corrected chi connectivity index (χ2v) is 2.68. The van der Waals surface area contributed by atoms with Gasteiger partial charge in [-0.25, -0.2) is 9.07 Å².